The number of rotatable bonds is 4. The van der Waals surface area contributed by atoms with Crippen LogP contribution in [-0.4, -0.2) is 12.1 Å². The average molecular weight is 151 g/mol. The summed E-state index contributed by atoms with van der Waals surface area (Å²) in [5, 5.41) is 20.0. The topological polar surface area (TPSA) is 59.6 Å². The molecule has 0 aromatic heterocycles. The quantitative estimate of drug-likeness (QED) is 0.656. The zero-order valence-electron chi connectivity index (χ0n) is 6.96. The first kappa shape index (κ1) is 9.94. The maximum atomic E-state index is 8.54. The predicted octanol–water partition coefficient (Wildman–Crippen LogP) is 1.18. The van der Waals surface area contributed by atoms with E-state index in [0.29, 0.717) is 0 Å². The van der Waals surface area contributed by atoms with Crippen LogP contribution in [-0.2, 0) is 0 Å². The molecule has 0 saturated carbocycles. The third kappa shape index (κ3) is 3.60. The molecule has 2 unspecified atom stereocenters. The molecule has 3 nitrogen and oxygen atoms in total. The number of hydrogen-bond donors (Lipinski definition) is 1. The van der Waals surface area contributed by atoms with Crippen molar-refractivity contribution >= 4 is 0 Å². The standard InChI is InChI=1S/C8H13N3/c1-3-7(5-9)11-8(4-2)6-10/h7-8,11H,3-4H2,1-2H3. The van der Waals surface area contributed by atoms with Crippen molar-refractivity contribution in [1.82, 2.24) is 5.32 Å². The monoisotopic (exact) mass is 151 g/mol. The third-order valence-electron chi connectivity index (χ3n) is 1.53. The van der Waals surface area contributed by atoms with E-state index < -0.39 is 0 Å². The summed E-state index contributed by atoms with van der Waals surface area (Å²) >= 11 is 0. The van der Waals surface area contributed by atoms with E-state index >= 15 is 0 Å². The van der Waals surface area contributed by atoms with E-state index in [9.17, 15) is 0 Å². The third-order valence-corrected chi connectivity index (χ3v) is 1.53. The first-order chi connectivity index (χ1) is 5.28. The van der Waals surface area contributed by atoms with Crippen molar-refractivity contribution in [3.05, 3.63) is 0 Å². The Morgan fingerprint density at radius 1 is 1.09 bits per heavy atom. The van der Waals surface area contributed by atoms with E-state index in [1.54, 1.807) is 0 Å². The molecular formula is C8H13N3. The lowest BCUT2D eigenvalue weighted by Gasteiger charge is -2.11. The van der Waals surface area contributed by atoms with Gasteiger partial charge in [0.2, 0.25) is 0 Å². The molecule has 0 saturated heterocycles. The summed E-state index contributed by atoms with van der Waals surface area (Å²) in [5.41, 5.74) is 0. The highest BCUT2D eigenvalue weighted by molar-refractivity contribution is 4.97. The maximum Gasteiger partial charge on any atom is 0.0960 e. The second-order valence-electron chi connectivity index (χ2n) is 2.35. The van der Waals surface area contributed by atoms with Crippen molar-refractivity contribution in [2.75, 3.05) is 0 Å². The molecule has 0 amide bonds. The van der Waals surface area contributed by atoms with Gasteiger partial charge >= 0.3 is 0 Å². The number of nitrogens with one attached hydrogen (secondary N) is 1. The Bertz CT molecular complexity index is 155. The molecule has 0 rings (SSSR count). The smallest absolute Gasteiger partial charge is 0.0960 e. The van der Waals surface area contributed by atoms with Crippen LogP contribution < -0.4 is 5.32 Å². The van der Waals surface area contributed by atoms with Gasteiger partial charge in [-0.15, -0.1) is 0 Å². The van der Waals surface area contributed by atoms with Crippen LogP contribution in [0.25, 0.3) is 0 Å². The summed E-state index contributed by atoms with van der Waals surface area (Å²) in [4.78, 5) is 0. The van der Waals surface area contributed by atoms with Crippen LogP contribution in [0.2, 0.25) is 0 Å². The van der Waals surface area contributed by atoms with Gasteiger partial charge < -0.3 is 0 Å². The van der Waals surface area contributed by atoms with Gasteiger partial charge in [-0.05, 0) is 12.8 Å². The molecule has 0 bridgehead atoms. The van der Waals surface area contributed by atoms with Crippen LogP contribution in [0.1, 0.15) is 26.7 Å². The van der Waals surface area contributed by atoms with Gasteiger partial charge in [-0.2, -0.15) is 10.5 Å². The average Bonchev–Trinajstić information content (AvgIpc) is 2.07. The summed E-state index contributed by atoms with van der Waals surface area (Å²) < 4.78 is 0. The zero-order valence-corrected chi connectivity index (χ0v) is 6.96. The van der Waals surface area contributed by atoms with Crippen LogP contribution in [0.3, 0.4) is 0 Å². The lowest BCUT2D eigenvalue weighted by atomic mass is 10.2. The summed E-state index contributed by atoms with van der Waals surface area (Å²) in [7, 11) is 0. The van der Waals surface area contributed by atoms with E-state index in [0.717, 1.165) is 12.8 Å². The van der Waals surface area contributed by atoms with Gasteiger partial charge in [-0.1, -0.05) is 13.8 Å². The molecule has 0 fully saturated rings. The number of nitrogens with zero attached hydrogens (tertiary/aromatic N) is 2. The highest BCUT2D eigenvalue weighted by Crippen LogP contribution is 1.94. The SMILES string of the molecule is CCC(C#N)NC(C#N)CC. The van der Waals surface area contributed by atoms with Crippen molar-refractivity contribution in [3.8, 4) is 12.1 Å². The first-order valence-electron chi connectivity index (χ1n) is 3.83. The summed E-state index contributed by atoms with van der Waals surface area (Å²) in [6.07, 6.45) is 1.49. The second kappa shape index (κ2) is 5.70. The predicted molar refractivity (Wildman–Crippen MR) is 42.5 cm³/mol. The van der Waals surface area contributed by atoms with Gasteiger partial charge in [-0.25, -0.2) is 0 Å². The molecular weight excluding hydrogens is 138 g/mol. The van der Waals surface area contributed by atoms with Gasteiger partial charge in [0, 0.05) is 0 Å². The Balaban J connectivity index is 3.82. The Morgan fingerprint density at radius 2 is 1.45 bits per heavy atom. The van der Waals surface area contributed by atoms with E-state index in [1.807, 2.05) is 13.8 Å². The molecule has 0 aromatic carbocycles. The second-order valence-corrected chi connectivity index (χ2v) is 2.35. The molecule has 3 heteroatoms. The fourth-order valence-corrected chi connectivity index (χ4v) is 0.736. The highest BCUT2D eigenvalue weighted by Gasteiger charge is 2.09. The molecule has 0 aromatic rings. The first-order valence-corrected chi connectivity index (χ1v) is 3.83. The number of hydrogen-bond acceptors (Lipinski definition) is 3. The van der Waals surface area contributed by atoms with Crippen LogP contribution in [0.4, 0.5) is 0 Å². The molecule has 0 spiro atoms. The van der Waals surface area contributed by atoms with Crippen molar-refractivity contribution < 1.29 is 0 Å². The maximum absolute atomic E-state index is 8.54. The van der Waals surface area contributed by atoms with Crippen LogP contribution in [0.15, 0.2) is 0 Å². The minimum Gasteiger partial charge on any atom is -0.287 e. The van der Waals surface area contributed by atoms with E-state index in [4.69, 9.17) is 10.5 Å². The largest absolute Gasteiger partial charge is 0.287 e. The van der Waals surface area contributed by atoms with Gasteiger partial charge in [0.25, 0.3) is 0 Å². The van der Waals surface area contributed by atoms with Crippen molar-refractivity contribution in [3.63, 3.8) is 0 Å². The molecule has 2 atom stereocenters. The lowest BCUT2D eigenvalue weighted by Crippen LogP contribution is -2.35. The molecule has 0 radical (unpaired) electrons. The Labute approximate surface area is 67.6 Å². The Hall–Kier alpha value is -1.06. The summed E-state index contributed by atoms with van der Waals surface area (Å²) in [6, 6.07) is 3.82. The minimum absolute atomic E-state index is 0.181. The fraction of sp³-hybridized carbons (Fsp3) is 0.750. The van der Waals surface area contributed by atoms with Crippen LogP contribution >= 0.6 is 0 Å². The summed E-state index contributed by atoms with van der Waals surface area (Å²) in [6.45, 7) is 3.84. The van der Waals surface area contributed by atoms with Gasteiger partial charge in [-0.3, -0.25) is 5.32 Å². The highest BCUT2D eigenvalue weighted by atomic mass is 14.9. The van der Waals surface area contributed by atoms with Crippen LogP contribution in [0.5, 0.6) is 0 Å². The van der Waals surface area contributed by atoms with E-state index in [-0.39, 0.29) is 12.1 Å². The molecule has 0 heterocycles. The minimum atomic E-state index is -0.181. The molecule has 0 aliphatic rings. The number of nitriles is 2. The Kier molecular flexibility index (Phi) is 5.15. The van der Waals surface area contributed by atoms with Crippen molar-refractivity contribution in [2.24, 2.45) is 0 Å². The Morgan fingerprint density at radius 3 is 1.64 bits per heavy atom. The zero-order chi connectivity index (χ0) is 8.69. The molecule has 11 heavy (non-hydrogen) atoms. The van der Waals surface area contributed by atoms with Crippen LogP contribution in [0, 0.1) is 22.7 Å². The lowest BCUT2D eigenvalue weighted by molar-refractivity contribution is 0.522. The van der Waals surface area contributed by atoms with E-state index in [2.05, 4.69) is 17.5 Å². The van der Waals surface area contributed by atoms with Gasteiger partial charge in [0.05, 0.1) is 24.2 Å². The molecule has 1 N–H and O–H groups in total. The fourth-order valence-electron chi connectivity index (χ4n) is 0.736. The molecule has 60 valence electrons. The van der Waals surface area contributed by atoms with E-state index in [1.165, 1.54) is 0 Å². The summed E-state index contributed by atoms with van der Waals surface area (Å²) in [5.74, 6) is 0. The van der Waals surface area contributed by atoms with Crippen molar-refractivity contribution in [1.29, 1.82) is 10.5 Å². The van der Waals surface area contributed by atoms with Gasteiger partial charge in [0.15, 0.2) is 0 Å². The molecule has 0 aliphatic heterocycles. The normalized spacial score (nSPS) is 14.5. The van der Waals surface area contributed by atoms with Gasteiger partial charge in [0.1, 0.15) is 0 Å². The molecule has 0 aliphatic carbocycles. The van der Waals surface area contributed by atoms with Crippen molar-refractivity contribution in [2.45, 2.75) is 38.8 Å².